The normalized spacial score (nSPS) is 16.4. The van der Waals surface area contributed by atoms with Gasteiger partial charge in [-0.3, -0.25) is 4.79 Å². The van der Waals surface area contributed by atoms with Gasteiger partial charge in [0, 0.05) is 12.0 Å². The second-order valence-corrected chi connectivity index (χ2v) is 6.62. The molecule has 1 aromatic heterocycles. The standard InChI is InChI=1S/C14H10BrNO3S/c15-8-4-7(5-11-12(8)19-6-18-11)14-16-9-2-1-3-10(17)13(9)20-14/h4-5H,1-3,6H2. The van der Waals surface area contributed by atoms with Crippen molar-refractivity contribution in [1.29, 1.82) is 0 Å². The molecule has 4 rings (SSSR count). The topological polar surface area (TPSA) is 48.4 Å². The number of hydrogen-bond donors (Lipinski definition) is 0. The van der Waals surface area contributed by atoms with Crippen molar-refractivity contribution in [3.05, 3.63) is 27.2 Å². The number of ether oxygens (including phenoxy) is 2. The Hall–Kier alpha value is -1.40. The summed E-state index contributed by atoms with van der Waals surface area (Å²) in [6.45, 7) is 0.240. The van der Waals surface area contributed by atoms with E-state index in [2.05, 4.69) is 20.9 Å². The molecule has 0 N–H and O–H groups in total. The maximum absolute atomic E-state index is 11.9. The molecular weight excluding hydrogens is 342 g/mol. The van der Waals surface area contributed by atoms with Crippen LogP contribution in [0.15, 0.2) is 16.6 Å². The van der Waals surface area contributed by atoms with E-state index >= 15 is 0 Å². The molecule has 0 saturated heterocycles. The van der Waals surface area contributed by atoms with Gasteiger partial charge in [-0.25, -0.2) is 4.98 Å². The van der Waals surface area contributed by atoms with E-state index in [1.54, 1.807) is 0 Å². The molecule has 1 aromatic carbocycles. The Kier molecular flexibility index (Phi) is 2.82. The van der Waals surface area contributed by atoms with Gasteiger partial charge in [-0.15, -0.1) is 11.3 Å². The number of nitrogens with zero attached hydrogens (tertiary/aromatic N) is 1. The predicted molar refractivity (Wildman–Crippen MR) is 78.6 cm³/mol. The van der Waals surface area contributed by atoms with Crippen molar-refractivity contribution in [2.75, 3.05) is 6.79 Å². The summed E-state index contributed by atoms with van der Waals surface area (Å²) in [5.74, 6) is 1.66. The molecule has 0 unspecified atom stereocenters. The van der Waals surface area contributed by atoms with Crippen LogP contribution in [0.25, 0.3) is 10.6 Å². The van der Waals surface area contributed by atoms with E-state index in [1.165, 1.54) is 11.3 Å². The van der Waals surface area contributed by atoms with Crippen molar-refractivity contribution in [2.45, 2.75) is 19.3 Å². The lowest BCUT2D eigenvalue weighted by molar-refractivity contribution is 0.0976. The summed E-state index contributed by atoms with van der Waals surface area (Å²) in [7, 11) is 0. The van der Waals surface area contributed by atoms with Crippen molar-refractivity contribution in [1.82, 2.24) is 4.98 Å². The summed E-state index contributed by atoms with van der Waals surface area (Å²) in [5.41, 5.74) is 1.89. The van der Waals surface area contributed by atoms with E-state index in [0.29, 0.717) is 12.2 Å². The Morgan fingerprint density at radius 1 is 1.25 bits per heavy atom. The highest BCUT2D eigenvalue weighted by Gasteiger charge is 2.24. The van der Waals surface area contributed by atoms with Crippen LogP contribution < -0.4 is 9.47 Å². The van der Waals surface area contributed by atoms with Crippen molar-refractivity contribution >= 4 is 33.0 Å². The minimum atomic E-state index is 0.217. The number of benzene rings is 1. The first-order valence-corrected chi connectivity index (χ1v) is 7.96. The van der Waals surface area contributed by atoms with E-state index in [4.69, 9.17) is 9.47 Å². The molecular formula is C14H10BrNO3S. The number of Topliss-reactive ketones (excluding diaryl/α,β-unsaturated/α-hetero) is 1. The van der Waals surface area contributed by atoms with Crippen LogP contribution in [0.1, 0.15) is 28.2 Å². The number of fused-ring (bicyclic) bond motifs is 2. The largest absolute Gasteiger partial charge is 0.454 e. The number of aryl methyl sites for hydroxylation is 1. The quantitative estimate of drug-likeness (QED) is 0.783. The first kappa shape index (κ1) is 12.3. The number of hydrogen-bond acceptors (Lipinski definition) is 5. The minimum Gasteiger partial charge on any atom is -0.454 e. The van der Waals surface area contributed by atoms with Gasteiger partial charge >= 0.3 is 0 Å². The fourth-order valence-electron chi connectivity index (χ4n) is 2.48. The summed E-state index contributed by atoms with van der Waals surface area (Å²) in [6, 6.07) is 3.88. The lowest BCUT2D eigenvalue weighted by atomic mass is 10.0. The number of halogens is 1. The summed E-state index contributed by atoms with van der Waals surface area (Å²) in [4.78, 5) is 17.3. The molecule has 2 aromatic rings. The second kappa shape index (κ2) is 4.56. The fourth-order valence-corrected chi connectivity index (χ4v) is 4.11. The van der Waals surface area contributed by atoms with E-state index in [0.717, 1.165) is 44.2 Å². The van der Waals surface area contributed by atoms with Gasteiger partial charge in [0.2, 0.25) is 6.79 Å². The first-order chi connectivity index (χ1) is 9.72. The molecule has 1 aliphatic heterocycles. The molecule has 0 fully saturated rings. The van der Waals surface area contributed by atoms with E-state index < -0.39 is 0 Å². The van der Waals surface area contributed by atoms with Gasteiger partial charge in [0.15, 0.2) is 17.3 Å². The zero-order chi connectivity index (χ0) is 13.7. The smallest absolute Gasteiger partial charge is 0.231 e. The first-order valence-electron chi connectivity index (χ1n) is 6.35. The molecule has 0 amide bonds. The highest BCUT2D eigenvalue weighted by Crippen LogP contribution is 2.43. The Balaban J connectivity index is 1.82. The Labute approximate surface area is 127 Å². The molecule has 0 saturated carbocycles. The molecule has 0 spiro atoms. The summed E-state index contributed by atoms with van der Waals surface area (Å²) in [5, 5.41) is 0.865. The van der Waals surface area contributed by atoms with Crippen molar-refractivity contribution in [3.8, 4) is 22.1 Å². The molecule has 0 radical (unpaired) electrons. The van der Waals surface area contributed by atoms with Gasteiger partial charge in [0.1, 0.15) is 5.01 Å². The molecule has 6 heteroatoms. The third-order valence-corrected chi connectivity index (χ3v) is 5.22. The van der Waals surface area contributed by atoms with Crippen LogP contribution in [0.4, 0.5) is 0 Å². The number of thiazole rings is 1. The zero-order valence-electron chi connectivity index (χ0n) is 10.4. The van der Waals surface area contributed by atoms with Crippen LogP contribution >= 0.6 is 27.3 Å². The Morgan fingerprint density at radius 3 is 3.00 bits per heavy atom. The minimum absolute atomic E-state index is 0.217. The molecule has 4 nitrogen and oxygen atoms in total. The van der Waals surface area contributed by atoms with E-state index in [9.17, 15) is 4.79 Å². The average Bonchev–Trinajstić information content (AvgIpc) is 3.04. The lowest BCUT2D eigenvalue weighted by Crippen LogP contribution is -2.07. The van der Waals surface area contributed by atoms with Gasteiger partial charge in [0.25, 0.3) is 0 Å². The van der Waals surface area contributed by atoms with Crippen LogP contribution in [0.5, 0.6) is 11.5 Å². The maximum Gasteiger partial charge on any atom is 0.231 e. The fraction of sp³-hybridized carbons (Fsp3) is 0.286. The van der Waals surface area contributed by atoms with Crippen LogP contribution in [-0.2, 0) is 6.42 Å². The summed E-state index contributed by atoms with van der Waals surface area (Å²) < 4.78 is 11.6. The molecule has 102 valence electrons. The van der Waals surface area contributed by atoms with E-state index in [-0.39, 0.29) is 12.6 Å². The molecule has 2 aliphatic rings. The highest BCUT2D eigenvalue weighted by atomic mass is 79.9. The number of ketones is 1. The summed E-state index contributed by atoms with van der Waals surface area (Å²) in [6.07, 6.45) is 2.43. The average molecular weight is 352 g/mol. The Morgan fingerprint density at radius 2 is 2.15 bits per heavy atom. The third kappa shape index (κ3) is 1.86. The van der Waals surface area contributed by atoms with Crippen molar-refractivity contribution in [3.63, 3.8) is 0 Å². The molecule has 2 heterocycles. The summed E-state index contributed by atoms with van der Waals surface area (Å²) >= 11 is 4.96. The van der Waals surface area contributed by atoms with Crippen LogP contribution in [-0.4, -0.2) is 17.6 Å². The molecule has 20 heavy (non-hydrogen) atoms. The molecule has 0 bridgehead atoms. The van der Waals surface area contributed by atoms with Crippen molar-refractivity contribution in [2.24, 2.45) is 0 Å². The molecule has 0 atom stereocenters. The lowest BCUT2D eigenvalue weighted by Gasteiger charge is -2.06. The Bertz CT molecular complexity index is 725. The number of aromatic nitrogens is 1. The number of carbonyl (C=O) groups excluding carboxylic acids is 1. The van der Waals surface area contributed by atoms with Gasteiger partial charge < -0.3 is 9.47 Å². The van der Waals surface area contributed by atoms with Crippen LogP contribution in [0.2, 0.25) is 0 Å². The number of rotatable bonds is 1. The van der Waals surface area contributed by atoms with Gasteiger partial charge in [-0.1, -0.05) is 0 Å². The maximum atomic E-state index is 11.9. The van der Waals surface area contributed by atoms with Crippen LogP contribution in [0, 0.1) is 0 Å². The van der Waals surface area contributed by atoms with Crippen LogP contribution in [0.3, 0.4) is 0 Å². The third-order valence-electron chi connectivity index (χ3n) is 3.44. The molecule has 1 aliphatic carbocycles. The monoisotopic (exact) mass is 351 g/mol. The van der Waals surface area contributed by atoms with Gasteiger partial charge in [-0.2, -0.15) is 0 Å². The number of carbonyl (C=O) groups is 1. The zero-order valence-corrected chi connectivity index (χ0v) is 12.8. The highest BCUT2D eigenvalue weighted by molar-refractivity contribution is 9.10. The van der Waals surface area contributed by atoms with E-state index in [1.807, 2.05) is 12.1 Å². The van der Waals surface area contributed by atoms with Gasteiger partial charge in [-0.05, 0) is 40.9 Å². The SMILES string of the molecule is O=C1CCCc2nc(-c3cc(Br)c4c(c3)OCO4)sc21. The second-order valence-electron chi connectivity index (χ2n) is 4.76. The predicted octanol–water partition coefficient (Wildman–Crippen LogP) is 3.82. The van der Waals surface area contributed by atoms with Gasteiger partial charge in [0.05, 0.1) is 15.0 Å². The van der Waals surface area contributed by atoms with Crippen molar-refractivity contribution < 1.29 is 14.3 Å².